The number of unbranched alkanes of at least 4 members (excludes halogenated alkanes) is 2. The maximum atomic E-state index is 10.1. The highest BCUT2D eigenvalue weighted by atomic mass is 32.2. The first kappa shape index (κ1) is 18.2. The van der Waals surface area contributed by atoms with Crippen molar-refractivity contribution in [3.05, 3.63) is 0 Å². The Morgan fingerprint density at radius 2 is 1.85 bits per heavy atom. The maximum Gasteiger partial charge on any atom is 0.109 e. The number of piperidine rings is 1. The highest BCUT2D eigenvalue weighted by Gasteiger charge is 2.46. The summed E-state index contributed by atoms with van der Waals surface area (Å²) >= 11 is 1.94. The molecule has 1 heterocycles. The van der Waals surface area contributed by atoms with Crippen LogP contribution in [0.25, 0.3) is 0 Å². The van der Waals surface area contributed by atoms with Crippen LogP contribution in [0.2, 0.25) is 0 Å². The molecule has 0 aromatic carbocycles. The molecule has 0 aromatic heterocycles. The molecule has 5 N–H and O–H groups in total. The summed E-state index contributed by atoms with van der Waals surface area (Å²) in [5, 5.41) is 41.9. The minimum Gasteiger partial charge on any atom is -0.394 e. The van der Waals surface area contributed by atoms with Gasteiger partial charge in [-0.1, -0.05) is 19.8 Å². The van der Waals surface area contributed by atoms with E-state index in [4.69, 9.17) is 0 Å². The minimum absolute atomic E-state index is 0.198. The smallest absolute Gasteiger partial charge is 0.109 e. The van der Waals surface area contributed by atoms with Crippen molar-refractivity contribution in [3.63, 3.8) is 0 Å². The summed E-state index contributed by atoms with van der Waals surface area (Å²) in [7, 11) is 0. The molecule has 1 aliphatic heterocycles. The Balaban J connectivity index is 2.31. The van der Waals surface area contributed by atoms with E-state index < -0.39 is 23.9 Å². The lowest BCUT2D eigenvalue weighted by molar-refractivity contribution is -0.135. The van der Waals surface area contributed by atoms with Gasteiger partial charge < -0.3 is 25.7 Å². The molecular weight excluding hydrogens is 278 g/mol. The molecule has 20 heavy (non-hydrogen) atoms. The van der Waals surface area contributed by atoms with Crippen molar-refractivity contribution < 1.29 is 20.4 Å². The molecule has 120 valence electrons. The third-order valence-electron chi connectivity index (χ3n) is 4.03. The predicted molar refractivity (Wildman–Crippen MR) is 81.9 cm³/mol. The number of hydrogen-bond donors (Lipinski definition) is 5. The fraction of sp³-hybridized carbons (Fsp3) is 1.00. The van der Waals surface area contributed by atoms with Crippen molar-refractivity contribution >= 4 is 11.8 Å². The molecule has 0 radical (unpaired) electrons. The number of aliphatic hydroxyl groups excluding tert-OH is 4. The van der Waals surface area contributed by atoms with Crippen LogP contribution in [-0.4, -0.2) is 68.9 Å². The normalized spacial score (nSPS) is 34.4. The second-order valence-electron chi connectivity index (χ2n) is 5.62. The Bertz CT molecular complexity index is 270. The Labute approximate surface area is 125 Å². The van der Waals surface area contributed by atoms with Crippen LogP contribution in [0.4, 0.5) is 0 Å². The zero-order valence-corrected chi connectivity index (χ0v) is 13.1. The molecule has 0 unspecified atom stereocenters. The Hall–Kier alpha value is 0.150. The van der Waals surface area contributed by atoms with Crippen LogP contribution < -0.4 is 5.32 Å². The van der Waals surface area contributed by atoms with Gasteiger partial charge in [-0.15, -0.1) is 0 Å². The predicted octanol–water partition coefficient (Wildman–Crippen LogP) is 0.107. The molecule has 1 fully saturated rings. The maximum absolute atomic E-state index is 10.1. The lowest BCUT2D eigenvalue weighted by Crippen LogP contribution is -2.69. The van der Waals surface area contributed by atoms with Gasteiger partial charge in [0.25, 0.3) is 0 Å². The molecule has 5 nitrogen and oxygen atoms in total. The standard InChI is InChI=1S/C14H29NO4S/c1-2-3-7-20-8-5-4-6-14(10-16)13(19)12(18)11(17)9-15-14/h11-13,15-19H,2-10H2,1H3/t11-,12+,13-,14+/m0/s1. The van der Waals surface area contributed by atoms with Gasteiger partial charge in [0.2, 0.25) is 0 Å². The monoisotopic (exact) mass is 307 g/mol. The first-order valence-corrected chi connectivity index (χ1v) is 8.70. The second kappa shape index (κ2) is 9.23. The molecule has 0 amide bonds. The lowest BCUT2D eigenvalue weighted by Gasteiger charge is -2.45. The first-order valence-electron chi connectivity index (χ1n) is 7.55. The summed E-state index contributed by atoms with van der Waals surface area (Å²) < 4.78 is 0. The summed E-state index contributed by atoms with van der Waals surface area (Å²) in [6.45, 7) is 2.15. The van der Waals surface area contributed by atoms with Crippen molar-refractivity contribution in [2.24, 2.45) is 0 Å². The van der Waals surface area contributed by atoms with Crippen LogP contribution in [0.15, 0.2) is 0 Å². The number of aliphatic hydroxyl groups is 4. The number of β-amino-alcohol motifs (C(OH)–C–C–N with tert-alkyl or cyclic N) is 1. The van der Waals surface area contributed by atoms with E-state index in [1.807, 2.05) is 11.8 Å². The average Bonchev–Trinajstić information content (AvgIpc) is 2.46. The van der Waals surface area contributed by atoms with Crippen LogP contribution in [0.3, 0.4) is 0 Å². The van der Waals surface area contributed by atoms with Crippen molar-refractivity contribution in [3.8, 4) is 0 Å². The van der Waals surface area contributed by atoms with Gasteiger partial charge in [0.05, 0.1) is 18.2 Å². The van der Waals surface area contributed by atoms with Crippen LogP contribution in [-0.2, 0) is 0 Å². The SMILES string of the molecule is CCCCSCCCC[C@]1(CO)NC[C@H](O)[C@@H](O)[C@@H]1O. The molecule has 4 atom stereocenters. The topological polar surface area (TPSA) is 93.0 Å². The van der Waals surface area contributed by atoms with Crippen LogP contribution in [0.5, 0.6) is 0 Å². The van der Waals surface area contributed by atoms with E-state index in [9.17, 15) is 20.4 Å². The fourth-order valence-electron chi connectivity index (χ4n) is 2.53. The van der Waals surface area contributed by atoms with Gasteiger partial charge in [-0.3, -0.25) is 0 Å². The van der Waals surface area contributed by atoms with Gasteiger partial charge in [-0.05, 0) is 30.8 Å². The van der Waals surface area contributed by atoms with Gasteiger partial charge in [0.15, 0.2) is 0 Å². The number of hydrogen-bond acceptors (Lipinski definition) is 6. The van der Waals surface area contributed by atoms with Gasteiger partial charge in [-0.25, -0.2) is 0 Å². The summed E-state index contributed by atoms with van der Waals surface area (Å²) in [6.07, 6.45) is 1.67. The molecule has 0 bridgehead atoms. The van der Waals surface area contributed by atoms with Crippen LogP contribution >= 0.6 is 11.8 Å². The third kappa shape index (κ3) is 4.86. The van der Waals surface area contributed by atoms with Crippen molar-refractivity contribution in [1.29, 1.82) is 0 Å². The van der Waals surface area contributed by atoms with Gasteiger partial charge >= 0.3 is 0 Å². The lowest BCUT2D eigenvalue weighted by atomic mass is 9.80. The Morgan fingerprint density at radius 1 is 1.15 bits per heavy atom. The molecule has 0 aliphatic carbocycles. The molecule has 0 spiro atoms. The highest BCUT2D eigenvalue weighted by Crippen LogP contribution is 2.26. The van der Waals surface area contributed by atoms with E-state index in [2.05, 4.69) is 12.2 Å². The molecule has 6 heteroatoms. The summed E-state index contributed by atoms with van der Waals surface area (Å²) in [4.78, 5) is 0. The third-order valence-corrected chi connectivity index (χ3v) is 5.19. The molecular formula is C14H29NO4S. The second-order valence-corrected chi connectivity index (χ2v) is 6.85. The molecule has 1 aliphatic rings. The van der Waals surface area contributed by atoms with Crippen molar-refractivity contribution in [1.82, 2.24) is 5.32 Å². The van der Waals surface area contributed by atoms with E-state index in [1.54, 1.807) is 0 Å². The Morgan fingerprint density at radius 3 is 2.50 bits per heavy atom. The van der Waals surface area contributed by atoms with Crippen LogP contribution in [0, 0.1) is 0 Å². The van der Waals surface area contributed by atoms with E-state index in [0.717, 1.165) is 18.6 Å². The largest absolute Gasteiger partial charge is 0.394 e. The average molecular weight is 307 g/mol. The number of thioether (sulfide) groups is 1. The molecule has 0 saturated carbocycles. The van der Waals surface area contributed by atoms with E-state index in [-0.39, 0.29) is 13.2 Å². The van der Waals surface area contributed by atoms with Crippen molar-refractivity contribution in [2.45, 2.75) is 62.9 Å². The quantitative estimate of drug-likeness (QED) is 0.388. The van der Waals surface area contributed by atoms with E-state index in [1.165, 1.54) is 18.6 Å². The molecule has 1 saturated heterocycles. The van der Waals surface area contributed by atoms with E-state index in [0.29, 0.717) is 6.42 Å². The summed E-state index contributed by atoms with van der Waals surface area (Å²) in [5.41, 5.74) is -0.882. The van der Waals surface area contributed by atoms with Gasteiger partial charge in [-0.2, -0.15) is 11.8 Å². The fourth-order valence-corrected chi connectivity index (χ4v) is 3.63. The summed E-state index contributed by atoms with van der Waals surface area (Å²) in [6, 6.07) is 0. The van der Waals surface area contributed by atoms with Gasteiger partial charge in [0.1, 0.15) is 12.2 Å². The van der Waals surface area contributed by atoms with Crippen molar-refractivity contribution in [2.75, 3.05) is 24.7 Å². The first-order chi connectivity index (χ1) is 9.57. The minimum atomic E-state index is -1.19. The Kier molecular flexibility index (Phi) is 8.39. The van der Waals surface area contributed by atoms with E-state index >= 15 is 0 Å². The van der Waals surface area contributed by atoms with Crippen LogP contribution in [0.1, 0.15) is 39.0 Å². The zero-order valence-electron chi connectivity index (χ0n) is 12.3. The molecule has 0 aromatic rings. The number of rotatable bonds is 9. The summed E-state index contributed by atoms with van der Waals surface area (Å²) in [5.74, 6) is 2.27. The zero-order chi connectivity index (χ0) is 15.0. The van der Waals surface area contributed by atoms with Gasteiger partial charge in [0, 0.05) is 6.54 Å². The number of nitrogens with one attached hydrogen (secondary N) is 1. The molecule has 1 rings (SSSR count). The highest BCUT2D eigenvalue weighted by molar-refractivity contribution is 7.99.